The summed E-state index contributed by atoms with van der Waals surface area (Å²) in [5.41, 5.74) is 5.32. The van der Waals surface area contributed by atoms with E-state index in [1.807, 2.05) is 0 Å². The molecule has 7 atom stereocenters. The van der Waals surface area contributed by atoms with Crippen LogP contribution in [-0.2, 0) is 19.8 Å². The van der Waals surface area contributed by atoms with Gasteiger partial charge >= 0.3 is 6.16 Å². The van der Waals surface area contributed by atoms with Gasteiger partial charge in [0.05, 0.1) is 5.69 Å². The summed E-state index contributed by atoms with van der Waals surface area (Å²) in [7, 11) is 1.53. The second-order valence-corrected chi connectivity index (χ2v) is 10.7. The van der Waals surface area contributed by atoms with E-state index in [1.54, 1.807) is 12.1 Å². The van der Waals surface area contributed by atoms with Crippen LogP contribution >= 0.6 is 0 Å². The number of aliphatic hydroxyl groups excluding tert-OH is 2. The molecule has 3 heterocycles. The molecule has 1 saturated heterocycles. The van der Waals surface area contributed by atoms with Gasteiger partial charge in [0, 0.05) is 18.7 Å². The molecule has 2 saturated carbocycles. The standard InChI is InChI=1S/C24H33N5O6/c1-22(2)13-7-8-23(22,3)17(9-13)34-21(32)33-10-15-18(30)19(31)24(35-15,11-26-4)16-6-5-14-20(25)27-12-28-29(14)16/h5-6,11-13,15,17-19,30-31H,7-10H2,1-4H3,(H2,25,27,28)/t13?,15-,17?,18-,19-,23?,24+/m1/s1. The van der Waals surface area contributed by atoms with Crippen molar-refractivity contribution >= 4 is 23.7 Å². The molecular weight excluding hydrogens is 454 g/mol. The number of nitrogens with zero attached hydrogens (tertiary/aromatic N) is 4. The molecule has 0 amide bonds. The zero-order valence-corrected chi connectivity index (χ0v) is 20.4. The van der Waals surface area contributed by atoms with E-state index in [0.717, 1.165) is 19.3 Å². The van der Waals surface area contributed by atoms with Crippen LogP contribution in [0.15, 0.2) is 23.5 Å². The third kappa shape index (κ3) is 3.35. The average Bonchev–Trinajstić information content (AvgIpc) is 3.47. The Hall–Kier alpha value is -2.76. The normalized spacial score (nSPS) is 37.9. The summed E-state index contributed by atoms with van der Waals surface area (Å²) in [5.74, 6) is 0.770. The number of aliphatic hydroxyl groups is 2. The van der Waals surface area contributed by atoms with Gasteiger partial charge in [-0.1, -0.05) is 20.8 Å². The SMILES string of the molecule is CN=C[C@@]1(c2ccc3c(N)ncnn23)O[C@H](COC(=O)OC2CC3CCC2(C)C3(C)C)[C@@H](O)[C@H]1O. The number of rotatable bonds is 5. The number of ether oxygens (including phenoxy) is 3. The van der Waals surface area contributed by atoms with E-state index in [9.17, 15) is 15.0 Å². The third-order valence-electron chi connectivity index (χ3n) is 9.01. The number of fused-ring (bicyclic) bond motifs is 3. The molecule has 3 fully saturated rings. The van der Waals surface area contributed by atoms with Crippen molar-refractivity contribution in [3.05, 3.63) is 24.2 Å². The van der Waals surface area contributed by atoms with Gasteiger partial charge in [-0.25, -0.2) is 14.3 Å². The summed E-state index contributed by atoms with van der Waals surface area (Å²) in [6.45, 7) is 6.35. The molecule has 35 heavy (non-hydrogen) atoms. The van der Waals surface area contributed by atoms with Crippen molar-refractivity contribution in [3.63, 3.8) is 0 Å². The first kappa shape index (κ1) is 24.0. The van der Waals surface area contributed by atoms with Crippen molar-refractivity contribution in [1.82, 2.24) is 14.6 Å². The van der Waals surface area contributed by atoms with Crippen LogP contribution in [0.3, 0.4) is 0 Å². The van der Waals surface area contributed by atoms with E-state index in [4.69, 9.17) is 19.9 Å². The van der Waals surface area contributed by atoms with Gasteiger partial charge in [-0.15, -0.1) is 0 Å². The van der Waals surface area contributed by atoms with Gasteiger partial charge in [0.15, 0.2) is 11.4 Å². The predicted octanol–water partition coefficient (Wildman–Crippen LogP) is 1.70. The van der Waals surface area contributed by atoms with Crippen LogP contribution in [0.4, 0.5) is 10.6 Å². The van der Waals surface area contributed by atoms with Crippen LogP contribution in [0.5, 0.6) is 0 Å². The Morgan fingerprint density at radius 2 is 2.14 bits per heavy atom. The Kier molecular flexibility index (Phi) is 5.57. The van der Waals surface area contributed by atoms with E-state index in [0.29, 0.717) is 17.1 Å². The first-order valence-electron chi connectivity index (χ1n) is 11.9. The average molecular weight is 488 g/mol. The Balaban J connectivity index is 1.31. The van der Waals surface area contributed by atoms with Crippen molar-refractivity contribution in [2.45, 2.75) is 70.1 Å². The zero-order chi connectivity index (χ0) is 25.2. The molecule has 3 aliphatic rings. The minimum atomic E-state index is -1.54. The van der Waals surface area contributed by atoms with E-state index in [1.165, 1.54) is 24.1 Å². The number of carbonyl (C=O) groups excluding carboxylic acids is 1. The lowest BCUT2D eigenvalue weighted by Gasteiger charge is -2.38. The van der Waals surface area contributed by atoms with Crippen molar-refractivity contribution in [2.24, 2.45) is 21.7 Å². The van der Waals surface area contributed by atoms with Crippen molar-refractivity contribution in [2.75, 3.05) is 19.4 Å². The minimum Gasteiger partial charge on any atom is -0.431 e. The van der Waals surface area contributed by atoms with Crippen LogP contribution in [-0.4, -0.2) is 75.3 Å². The van der Waals surface area contributed by atoms with E-state index >= 15 is 0 Å². The Bertz CT molecular complexity index is 1170. The van der Waals surface area contributed by atoms with Gasteiger partial charge in [0.2, 0.25) is 0 Å². The van der Waals surface area contributed by atoms with Crippen molar-refractivity contribution in [3.8, 4) is 0 Å². The molecule has 5 rings (SSSR count). The lowest BCUT2D eigenvalue weighted by atomic mass is 9.70. The first-order chi connectivity index (χ1) is 16.5. The maximum Gasteiger partial charge on any atom is 0.508 e. The Morgan fingerprint density at radius 1 is 1.37 bits per heavy atom. The number of hydrogen-bond acceptors (Lipinski definition) is 10. The van der Waals surface area contributed by atoms with E-state index in [2.05, 4.69) is 35.8 Å². The number of hydrogen-bond donors (Lipinski definition) is 3. The molecule has 0 radical (unpaired) electrons. The topological polar surface area (TPSA) is 154 Å². The molecule has 0 aromatic carbocycles. The van der Waals surface area contributed by atoms with Gasteiger partial charge < -0.3 is 30.2 Å². The summed E-state index contributed by atoms with van der Waals surface area (Å²) in [6, 6.07) is 3.37. The van der Waals surface area contributed by atoms with Gasteiger partial charge in [-0.05, 0) is 42.7 Å². The molecule has 1 aliphatic heterocycles. The number of nitrogens with two attached hydrogens (primary N) is 1. The van der Waals surface area contributed by atoms with Crippen LogP contribution < -0.4 is 5.73 Å². The fourth-order valence-corrected chi connectivity index (χ4v) is 6.41. The summed E-state index contributed by atoms with van der Waals surface area (Å²) in [4.78, 5) is 20.6. The summed E-state index contributed by atoms with van der Waals surface area (Å²) < 4.78 is 18.7. The highest BCUT2D eigenvalue weighted by molar-refractivity contribution is 5.75. The fraction of sp³-hybridized carbons (Fsp3) is 0.667. The molecule has 11 heteroatoms. The largest absolute Gasteiger partial charge is 0.508 e. The quantitative estimate of drug-likeness (QED) is 0.422. The number of aromatic nitrogens is 3. The lowest BCUT2D eigenvalue weighted by Crippen LogP contribution is -2.43. The molecule has 190 valence electrons. The van der Waals surface area contributed by atoms with Crippen LogP contribution in [0.25, 0.3) is 5.52 Å². The maximum atomic E-state index is 12.6. The molecule has 3 unspecified atom stereocenters. The lowest BCUT2D eigenvalue weighted by molar-refractivity contribution is -0.0778. The smallest absolute Gasteiger partial charge is 0.431 e. The molecular formula is C24H33N5O6. The summed E-state index contributed by atoms with van der Waals surface area (Å²) in [5, 5.41) is 26.1. The van der Waals surface area contributed by atoms with E-state index in [-0.39, 0.29) is 29.4 Å². The number of aliphatic imine (C=N–C) groups is 1. The summed E-state index contributed by atoms with van der Waals surface area (Å²) >= 11 is 0. The number of nitrogen functional groups attached to an aromatic ring is 1. The molecule has 2 aromatic rings. The highest BCUT2D eigenvalue weighted by atomic mass is 16.7. The molecule has 0 spiro atoms. The molecule has 4 N–H and O–H groups in total. The van der Waals surface area contributed by atoms with Gasteiger partial charge in [-0.3, -0.25) is 4.99 Å². The monoisotopic (exact) mass is 487 g/mol. The molecule has 11 nitrogen and oxygen atoms in total. The maximum absolute atomic E-state index is 12.6. The predicted molar refractivity (Wildman–Crippen MR) is 126 cm³/mol. The zero-order valence-electron chi connectivity index (χ0n) is 20.4. The van der Waals surface area contributed by atoms with Crippen molar-refractivity contribution < 1.29 is 29.2 Å². The number of carbonyl (C=O) groups is 1. The Labute approximate surface area is 203 Å². The van der Waals surface area contributed by atoms with Gasteiger partial charge in [0.1, 0.15) is 42.9 Å². The highest BCUT2D eigenvalue weighted by Gasteiger charge is 2.63. The minimum absolute atomic E-state index is 0.0945. The van der Waals surface area contributed by atoms with E-state index < -0.39 is 30.1 Å². The third-order valence-corrected chi connectivity index (χ3v) is 9.01. The second-order valence-electron chi connectivity index (χ2n) is 10.7. The Morgan fingerprint density at radius 3 is 2.80 bits per heavy atom. The van der Waals surface area contributed by atoms with Gasteiger partial charge in [-0.2, -0.15) is 5.10 Å². The fourth-order valence-electron chi connectivity index (χ4n) is 6.41. The van der Waals surface area contributed by atoms with Gasteiger partial charge in [0.25, 0.3) is 0 Å². The van der Waals surface area contributed by atoms with Crippen LogP contribution in [0, 0.1) is 16.7 Å². The number of anilines is 1. The molecule has 2 aliphatic carbocycles. The van der Waals surface area contributed by atoms with Crippen molar-refractivity contribution in [1.29, 1.82) is 0 Å². The molecule has 2 bridgehead atoms. The highest BCUT2D eigenvalue weighted by Crippen LogP contribution is 2.66. The van der Waals surface area contributed by atoms with Crippen LogP contribution in [0.2, 0.25) is 0 Å². The summed E-state index contributed by atoms with van der Waals surface area (Å²) in [6.07, 6.45) is 0.857. The molecule has 2 aromatic heterocycles. The second kappa shape index (κ2) is 8.14. The van der Waals surface area contributed by atoms with Crippen LogP contribution in [0.1, 0.15) is 45.7 Å². The first-order valence-corrected chi connectivity index (χ1v) is 11.9.